The highest BCUT2D eigenvalue weighted by molar-refractivity contribution is 5.43. The van der Waals surface area contributed by atoms with Crippen LogP contribution in [0.5, 0.6) is 0 Å². The Morgan fingerprint density at radius 2 is 2.06 bits per heavy atom. The number of nitrogens with zero attached hydrogens (tertiary/aromatic N) is 2. The van der Waals surface area contributed by atoms with Crippen LogP contribution in [0.15, 0.2) is 18.3 Å². The molecule has 3 atom stereocenters. The highest BCUT2D eigenvalue weighted by Crippen LogP contribution is 2.39. The van der Waals surface area contributed by atoms with Crippen LogP contribution in [0.2, 0.25) is 0 Å². The van der Waals surface area contributed by atoms with E-state index in [-0.39, 0.29) is 0 Å². The molecular weight excluding hydrogens is 212 g/mol. The van der Waals surface area contributed by atoms with Gasteiger partial charge in [0.05, 0.1) is 6.10 Å². The fourth-order valence-electron chi connectivity index (χ4n) is 3.29. The molecule has 0 bridgehead atoms. The van der Waals surface area contributed by atoms with Crippen molar-refractivity contribution >= 4 is 5.82 Å². The maximum Gasteiger partial charge on any atom is 0.128 e. The minimum Gasteiger partial charge on any atom is -0.389 e. The Bertz CT molecular complexity index is 393. The van der Waals surface area contributed by atoms with Gasteiger partial charge in [-0.05, 0) is 49.3 Å². The van der Waals surface area contributed by atoms with Gasteiger partial charge in [0, 0.05) is 19.3 Å². The Hall–Kier alpha value is -1.09. The predicted molar refractivity (Wildman–Crippen MR) is 67.9 cm³/mol. The number of fused-ring (bicyclic) bond motifs is 1. The van der Waals surface area contributed by atoms with Crippen LogP contribution < -0.4 is 4.90 Å². The van der Waals surface area contributed by atoms with E-state index in [2.05, 4.69) is 9.88 Å². The van der Waals surface area contributed by atoms with Gasteiger partial charge in [0.1, 0.15) is 5.82 Å². The van der Waals surface area contributed by atoms with E-state index in [0.717, 1.165) is 36.3 Å². The minimum atomic E-state index is -0.404. The lowest BCUT2D eigenvalue weighted by atomic mass is 10.0. The summed E-state index contributed by atoms with van der Waals surface area (Å²) in [6, 6.07) is 3.93. The van der Waals surface area contributed by atoms with E-state index >= 15 is 0 Å². The van der Waals surface area contributed by atoms with Gasteiger partial charge in [0.25, 0.3) is 0 Å². The summed E-state index contributed by atoms with van der Waals surface area (Å²) in [4.78, 5) is 6.84. The quantitative estimate of drug-likeness (QED) is 0.850. The summed E-state index contributed by atoms with van der Waals surface area (Å²) in [7, 11) is 0. The second kappa shape index (κ2) is 4.30. The van der Waals surface area contributed by atoms with Gasteiger partial charge in [-0.1, -0.05) is 6.42 Å². The van der Waals surface area contributed by atoms with Crippen molar-refractivity contribution in [1.29, 1.82) is 0 Å². The lowest BCUT2D eigenvalue weighted by Gasteiger charge is -2.19. The highest BCUT2D eigenvalue weighted by Gasteiger charge is 2.36. The summed E-state index contributed by atoms with van der Waals surface area (Å²) in [6.07, 6.45) is 5.59. The van der Waals surface area contributed by atoms with Crippen LogP contribution in [-0.2, 0) is 0 Å². The third kappa shape index (κ3) is 2.04. The monoisotopic (exact) mass is 232 g/mol. The summed E-state index contributed by atoms with van der Waals surface area (Å²) < 4.78 is 0. The zero-order chi connectivity index (χ0) is 11.8. The smallest absolute Gasteiger partial charge is 0.128 e. The summed E-state index contributed by atoms with van der Waals surface area (Å²) in [5.41, 5.74) is 0.965. The van der Waals surface area contributed by atoms with Crippen LogP contribution in [0.3, 0.4) is 0 Å². The Balaban J connectivity index is 1.78. The van der Waals surface area contributed by atoms with Gasteiger partial charge < -0.3 is 10.0 Å². The molecule has 0 radical (unpaired) electrons. The predicted octanol–water partition coefficient (Wildman–Crippen LogP) is 2.37. The van der Waals surface area contributed by atoms with E-state index in [9.17, 15) is 5.11 Å². The van der Waals surface area contributed by atoms with Crippen LogP contribution in [0.4, 0.5) is 5.82 Å². The maximum absolute atomic E-state index is 9.61. The first-order chi connectivity index (χ1) is 8.24. The molecule has 3 heteroatoms. The van der Waals surface area contributed by atoms with Crippen LogP contribution in [0.25, 0.3) is 0 Å². The fourth-order valence-corrected chi connectivity index (χ4v) is 3.29. The molecule has 1 N–H and O–H groups in total. The molecule has 2 aliphatic rings. The second-order valence-electron chi connectivity index (χ2n) is 5.48. The summed E-state index contributed by atoms with van der Waals surface area (Å²) in [6.45, 7) is 4.11. The number of hydrogen-bond acceptors (Lipinski definition) is 3. The van der Waals surface area contributed by atoms with Gasteiger partial charge in [-0.15, -0.1) is 0 Å². The van der Waals surface area contributed by atoms with Gasteiger partial charge in [0.15, 0.2) is 0 Å². The molecule has 17 heavy (non-hydrogen) atoms. The molecule has 1 aliphatic heterocycles. The topological polar surface area (TPSA) is 36.4 Å². The maximum atomic E-state index is 9.61. The number of hydrogen-bond donors (Lipinski definition) is 1. The molecule has 1 aromatic rings. The first-order valence-electron chi connectivity index (χ1n) is 6.63. The zero-order valence-electron chi connectivity index (χ0n) is 10.3. The molecule has 0 amide bonds. The van der Waals surface area contributed by atoms with Crippen molar-refractivity contribution in [3.8, 4) is 0 Å². The molecular formula is C14H20N2O. The van der Waals surface area contributed by atoms with E-state index in [4.69, 9.17) is 0 Å². The molecule has 92 valence electrons. The zero-order valence-corrected chi connectivity index (χ0v) is 10.3. The third-order valence-electron chi connectivity index (χ3n) is 4.30. The SMILES string of the molecule is C[C@H](O)c1ccnc(N2CC3CCCC3C2)c1. The van der Waals surface area contributed by atoms with E-state index in [1.165, 1.54) is 19.3 Å². The van der Waals surface area contributed by atoms with E-state index in [1.807, 2.05) is 18.3 Å². The highest BCUT2D eigenvalue weighted by atomic mass is 16.3. The van der Waals surface area contributed by atoms with E-state index in [1.54, 1.807) is 6.92 Å². The van der Waals surface area contributed by atoms with Gasteiger partial charge in [-0.25, -0.2) is 4.98 Å². The number of aliphatic hydroxyl groups is 1. The molecule has 1 aromatic heterocycles. The Kier molecular flexibility index (Phi) is 2.79. The molecule has 0 spiro atoms. The lowest BCUT2D eigenvalue weighted by Crippen LogP contribution is -2.22. The lowest BCUT2D eigenvalue weighted by molar-refractivity contribution is 0.199. The normalized spacial score (nSPS) is 29.4. The molecule has 2 unspecified atom stereocenters. The van der Waals surface area contributed by atoms with E-state index < -0.39 is 6.10 Å². The molecule has 0 aromatic carbocycles. The number of aliphatic hydroxyl groups excluding tert-OH is 1. The fraction of sp³-hybridized carbons (Fsp3) is 0.643. The molecule has 2 heterocycles. The standard InChI is InChI=1S/C14H20N2O/c1-10(17)11-5-6-15-14(7-11)16-8-12-3-2-4-13(12)9-16/h5-7,10,12-13,17H,2-4,8-9H2,1H3/t10-,12?,13?/m0/s1. The first-order valence-corrected chi connectivity index (χ1v) is 6.63. The second-order valence-corrected chi connectivity index (χ2v) is 5.48. The molecule has 1 aliphatic carbocycles. The van der Waals surface area contributed by atoms with Crippen molar-refractivity contribution in [3.05, 3.63) is 23.9 Å². The number of pyridine rings is 1. The molecule has 3 nitrogen and oxygen atoms in total. The van der Waals surface area contributed by atoms with Crippen molar-refractivity contribution in [1.82, 2.24) is 4.98 Å². The average molecular weight is 232 g/mol. The van der Waals surface area contributed by atoms with Crippen molar-refractivity contribution in [2.24, 2.45) is 11.8 Å². The van der Waals surface area contributed by atoms with Crippen molar-refractivity contribution in [3.63, 3.8) is 0 Å². The molecule has 3 rings (SSSR count). The minimum absolute atomic E-state index is 0.404. The molecule has 1 saturated heterocycles. The van der Waals surface area contributed by atoms with Crippen LogP contribution >= 0.6 is 0 Å². The number of rotatable bonds is 2. The Morgan fingerprint density at radius 3 is 2.71 bits per heavy atom. The van der Waals surface area contributed by atoms with Crippen LogP contribution in [0, 0.1) is 11.8 Å². The Labute approximate surface area is 102 Å². The van der Waals surface area contributed by atoms with Crippen LogP contribution in [-0.4, -0.2) is 23.2 Å². The summed E-state index contributed by atoms with van der Waals surface area (Å²) in [5.74, 6) is 2.80. The largest absolute Gasteiger partial charge is 0.389 e. The number of aromatic nitrogens is 1. The molecule has 1 saturated carbocycles. The first kappa shape index (κ1) is 11.0. The van der Waals surface area contributed by atoms with Crippen molar-refractivity contribution < 1.29 is 5.11 Å². The Morgan fingerprint density at radius 1 is 1.35 bits per heavy atom. The summed E-state index contributed by atoms with van der Waals surface area (Å²) in [5, 5.41) is 9.61. The average Bonchev–Trinajstić information content (AvgIpc) is 2.89. The summed E-state index contributed by atoms with van der Waals surface area (Å²) >= 11 is 0. The molecule has 2 fully saturated rings. The number of anilines is 1. The third-order valence-corrected chi connectivity index (χ3v) is 4.30. The van der Waals surface area contributed by atoms with Gasteiger partial charge in [0.2, 0.25) is 0 Å². The van der Waals surface area contributed by atoms with E-state index in [0.29, 0.717) is 0 Å². The van der Waals surface area contributed by atoms with Gasteiger partial charge in [-0.3, -0.25) is 0 Å². The van der Waals surface area contributed by atoms with Gasteiger partial charge >= 0.3 is 0 Å². The van der Waals surface area contributed by atoms with Gasteiger partial charge in [-0.2, -0.15) is 0 Å². The van der Waals surface area contributed by atoms with Crippen molar-refractivity contribution in [2.45, 2.75) is 32.3 Å². The van der Waals surface area contributed by atoms with Crippen molar-refractivity contribution in [2.75, 3.05) is 18.0 Å². The van der Waals surface area contributed by atoms with Crippen LogP contribution in [0.1, 0.15) is 37.9 Å².